The van der Waals surface area contributed by atoms with Crippen LogP contribution in [0.2, 0.25) is 0 Å². The van der Waals surface area contributed by atoms with E-state index in [2.05, 4.69) is 26.2 Å². The molecule has 154 valence electrons. The molecule has 5 rings (SSSR count). The van der Waals surface area contributed by atoms with Gasteiger partial charge in [-0.2, -0.15) is 0 Å². The Morgan fingerprint density at radius 3 is 2.41 bits per heavy atom. The van der Waals surface area contributed by atoms with Gasteiger partial charge in [0.25, 0.3) is 5.56 Å². The van der Waals surface area contributed by atoms with Crippen LogP contribution in [0.4, 0.5) is 5.82 Å². The summed E-state index contributed by atoms with van der Waals surface area (Å²) in [4.78, 5) is 30.0. The first-order valence-corrected chi connectivity index (χ1v) is 10.6. The lowest BCUT2D eigenvalue weighted by Gasteiger charge is -2.47. The number of methoxy groups -OCH3 is 2. The molecule has 2 bridgehead atoms. The minimum absolute atomic E-state index is 0.145. The molecule has 0 radical (unpaired) electrons. The van der Waals surface area contributed by atoms with E-state index in [1.807, 2.05) is 12.1 Å². The van der Waals surface area contributed by atoms with Gasteiger partial charge in [0.1, 0.15) is 10.4 Å². The van der Waals surface area contributed by atoms with E-state index < -0.39 is 0 Å². The molecule has 2 aromatic rings. The number of esters is 1. The van der Waals surface area contributed by atoms with Crippen molar-refractivity contribution in [2.75, 3.05) is 19.5 Å². The summed E-state index contributed by atoms with van der Waals surface area (Å²) in [6, 6.07) is 7.09. The van der Waals surface area contributed by atoms with Gasteiger partial charge in [-0.05, 0) is 77.7 Å². The number of aromatic nitrogens is 2. The maximum Gasteiger partial charge on any atom is 0.311 e. The highest BCUT2D eigenvalue weighted by atomic mass is 79.9. The van der Waals surface area contributed by atoms with E-state index in [1.165, 1.54) is 11.7 Å². The molecule has 0 saturated heterocycles. The number of carbonyl (C=O) groups excluding carboxylic acids is 1. The van der Waals surface area contributed by atoms with Crippen LogP contribution in [0.3, 0.4) is 0 Å². The number of anilines is 1. The molecule has 2 atom stereocenters. The Bertz CT molecular complexity index is 951. The third-order valence-corrected chi connectivity index (χ3v) is 6.60. The molecule has 1 N–H and O–H groups in total. The van der Waals surface area contributed by atoms with Gasteiger partial charge in [0.15, 0.2) is 5.82 Å². The highest BCUT2D eigenvalue weighted by Crippen LogP contribution is 2.46. The van der Waals surface area contributed by atoms with Gasteiger partial charge >= 0.3 is 5.97 Å². The molecule has 3 aliphatic rings. The van der Waals surface area contributed by atoms with Gasteiger partial charge in [0.2, 0.25) is 0 Å². The monoisotopic (exact) mass is 461 g/mol. The van der Waals surface area contributed by atoms with Crippen LogP contribution in [-0.4, -0.2) is 35.8 Å². The zero-order valence-electron chi connectivity index (χ0n) is 16.4. The fourth-order valence-corrected chi connectivity index (χ4v) is 5.16. The molecule has 0 spiro atoms. The molecular weight excluding hydrogens is 438 g/mol. The largest absolute Gasteiger partial charge is 0.497 e. The van der Waals surface area contributed by atoms with Gasteiger partial charge in [-0.15, -0.1) is 0 Å². The quantitative estimate of drug-likeness (QED) is 0.687. The van der Waals surface area contributed by atoms with Crippen LogP contribution >= 0.6 is 15.9 Å². The molecule has 8 heteroatoms. The van der Waals surface area contributed by atoms with Crippen molar-refractivity contribution in [1.29, 1.82) is 0 Å². The minimum Gasteiger partial charge on any atom is -0.497 e. The van der Waals surface area contributed by atoms with Crippen LogP contribution in [0.1, 0.15) is 25.7 Å². The standard InChI is InChI=1S/C21H24BrN3O4/c1-28-15-9-7-14(8-10-15)25-11-16(22)23-19(20(25)26)24-18-13-5-3-12(4-6-13)17(18)21(27)29-2/h7-13,17-18H,3-6H2,1-2H3,(H,23,24)/t12?,13?,17-,18-/m0/s1. The van der Waals surface area contributed by atoms with Gasteiger partial charge < -0.3 is 14.8 Å². The number of hydrogen-bond donors (Lipinski definition) is 1. The Hall–Kier alpha value is -2.35. The third kappa shape index (κ3) is 3.77. The number of nitrogens with zero attached hydrogens (tertiary/aromatic N) is 2. The highest BCUT2D eigenvalue weighted by molar-refractivity contribution is 9.10. The Kier molecular flexibility index (Phi) is 5.63. The Balaban J connectivity index is 1.69. The number of nitrogens with one attached hydrogen (secondary N) is 1. The predicted octanol–water partition coefficient (Wildman–Crippen LogP) is 3.39. The summed E-state index contributed by atoms with van der Waals surface area (Å²) in [5, 5.41) is 3.32. The second kappa shape index (κ2) is 8.18. The van der Waals surface area contributed by atoms with Crippen LogP contribution in [0.15, 0.2) is 39.9 Å². The van der Waals surface area contributed by atoms with Crippen molar-refractivity contribution in [3.63, 3.8) is 0 Å². The Morgan fingerprint density at radius 2 is 1.79 bits per heavy atom. The zero-order chi connectivity index (χ0) is 20.5. The van der Waals surface area contributed by atoms with E-state index >= 15 is 0 Å². The number of ether oxygens (including phenoxy) is 2. The number of hydrogen-bond acceptors (Lipinski definition) is 6. The molecule has 29 heavy (non-hydrogen) atoms. The van der Waals surface area contributed by atoms with Gasteiger partial charge in [-0.1, -0.05) is 0 Å². The van der Waals surface area contributed by atoms with Gasteiger partial charge in [0, 0.05) is 17.9 Å². The summed E-state index contributed by atoms with van der Waals surface area (Å²) in [7, 11) is 3.03. The molecule has 3 fully saturated rings. The van der Waals surface area contributed by atoms with Crippen molar-refractivity contribution < 1.29 is 14.3 Å². The topological polar surface area (TPSA) is 82.4 Å². The van der Waals surface area contributed by atoms with E-state index in [-0.39, 0.29) is 29.3 Å². The van der Waals surface area contributed by atoms with Gasteiger partial charge in [-0.3, -0.25) is 14.2 Å². The third-order valence-electron chi connectivity index (χ3n) is 6.22. The fourth-order valence-electron chi connectivity index (χ4n) is 4.78. The number of rotatable bonds is 5. The average Bonchev–Trinajstić information content (AvgIpc) is 2.76. The fraction of sp³-hybridized carbons (Fsp3) is 0.476. The molecule has 1 aromatic heterocycles. The number of benzene rings is 1. The number of halogens is 1. The molecule has 0 amide bonds. The Labute approximate surface area is 177 Å². The number of fused-ring (bicyclic) bond motifs is 3. The van der Waals surface area contributed by atoms with Gasteiger partial charge in [-0.25, -0.2) is 4.98 Å². The SMILES string of the molecule is COC(=O)[C@H]1C2CCC(CC2)[C@@H]1Nc1nc(Br)cn(-c2ccc(OC)cc2)c1=O. The molecule has 0 unspecified atom stereocenters. The molecule has 7 nitrogen and oxygen atoms in total. The minimum atomic E-state index is -0.261. The first-order valence-electron chi connectivity index (χ1n) is 9.79. The summed E-state index contributed by atoms with van der Waals surface area (Å²) >= 11 is 3.41. The van der Waals surface area contributed by atoms with Crippen LogP contribution in [0.5, 0.6) is 5.75 Å². The summed E-state index contributed by atoms with van der Waals surface area (Å²) in [5.41, 5.74) is 0.445. The van der Waals surface area contributed by atoms with Crippen LogP contribution in [0, 0.1) is 17.8 Å². The molecule has 1 aromatic carbocycles. The smallest absolute Gasteiger partial charge is 0.311 e. The lowest BCUT2D eigenvalue weighted by atomic mass is 9.61. The summed E-state index contributed by atoms with van der Waals surface area (Å²) in [6.45, 7) is 0. The first kappa shape index (κ1) is 19.9. The van der Waals surface area contributed by atoms with E-state index in [4.69, 9.17) is 9.47 Å². The molecule has 3 aliphatic carbocycles. The van der Waals surface area contributed by atoms with E-state index in [1.54, 1.807) is 25.4 Å². The van der Waals surface area contributed by atoms with Crippen LogP contribution in [-0.2, 0) is 9.53 Å². The lowest BCUT2D eigenvalue weighted by molar-refractivity contribution is -0.152. The van der Waals surface area contributed by atoms with Gasteiger partial charge in [0.05, 0.1) is 20.1 Å². The maximum absolute atomic E-state index is 13.2. The lowest BCUT2D eigenvalue weighted by Crippen LogP contribution is -2.52. The van der Waals surface area contributed by atoms with E-state index in [0.29, 0.717) is 27.9 Å². The summed E-state index contributed by atoms with van der Waals surface area (Å²) in [6.07, 6.45) is 5.81. The summed E-state index contributed by atoms with van der Waals surface area (Å²) in [5.74, 6) is 1.12. The average molecular weight is 462 g/mol. The maximum atomic E-state index is 13.2. The Morgan fingerprint density at radius 1 is 1.14 bits per heavy atom. The molecule has 1 heterocycles. The van der Waals surface area contributed by atoms with Crippen LogP contribution in [0.25, 0.3) is 5.69 Å². The van der Waals surface area contributed by atoms with Crippen molar-refractivity contribution in [3.8, 4) is 11.4 Å². The summed E-state index contributed by atoms with van der Waals surface area (Å²) < 4.78 is 12.3. The van der Waals surface area contributed by atoms with Crippen molar-refractivity contribution in [2.45, 2.75) is 31.7 Å². The second-order valence-corrected chi connectivity index (χ2v) is 8.49. The van der Waals surface area contributed by atoms with Crippen molar-refractivity contribution in [2.24, 2.45) is 17.8 Å². The molecule has 3 saturated carbocycles. The zero-order valence-corrected chi connectivity index (χ0v) is 18.0. The molecular formula is C21H24BrN3O4. The predicted molar refractivity (Wildman–Crippen MR) is 112 cm³/mol. The first-order chi connectivity index (χ1) is 14.0. The van der Waals surface area contributed by atoms with E-state index in [0.717, 1.165) is 25.7 Å². The number of carbonyl (C=O) groups is 1. The van der Waals surface area contributed by atoms with Crippen LogP contribution < -0.4 is 15.6 Å². The van der Waals surface area contributed by atoms with Crippen molar-refractivity contribution >= 4 is 27.7 Å². The molecule has 0 aliphatic heterocycles. The normalized spacial score (nSPS) is 25.5. The van der Waals surface area contributed by atoms with E-state index in [9.17, 15) is 9.59 Å². The highest BCUT2D eigenvalue weighted by Gasteiger charge is 2.48. The van der Waals surface area contributed by atoms with Crippen molar-refractivity contribution in [1.82, 2.24) is 9.55 Å². The second-order valence-electron chi connectivity index (χ2n) is 7.68. The van der Waals surface area contributed by atoms with Crippen molar-refractivity contribution in [3.05, 3.63) is 45.4 Å².